The van der Waals surface area contributed by atoms with Gasteiger partial charge in [0.25, 0.3) is 0 Å². The summed E-state index contributed by atoms with van der Waals surface area (Å²) in [5.41, 5.74) is 0. The Morgan fingerprint density at radius 3 is 2.45 bits per heavy atom. The molecule has 2 saturated heterocycles. The summed E-state index contributed by atoms with van der Waals surface area (Å²) in [5.74, 6) is 1.71. The summed E-state index contributed by atoms with van der Waals surface area (Å²) in [5, 5.41) is 0. The molecule has 4 aliphatic rings. The lowest BCUT2D eigenvalue weighted by molar-refractivity contribution is -0.147. The number of nitrogens with zero attached hydrogens (tertiary/aromatic N) is 2. The number of hydrogen-bond acceptors (Lipinski definition) is 4. The van der Waals surface area contributed by atoms with Crippen LogP contribution in [-0.4, -0.2) is 58.7 Å². The highest BCUT2D eigenvalue weighted by Crippen LogP contribution is 2.52. The molecule has 2 bridgehead atoms. The molecule has 0 aromatic rings. The van der Waals surface area contributed by atoms with Crippen LogP contribution in [0.2, 0.25) is 0 Å². The average molecular weight is 320 g/mol. The van der Waals surface area contributed by atoms with Crippen molar-refractivity contribution in [3.63, 3.8) is 0 Å². The minimum atomic E-state index is -0.199. The third-order valence-electron chi connectivity index (χ3n) is 5.43. The van der Waals surface area contributed by atoms with Gasteiger partial charge in [-0.15, -0.1) is 0 Å². The van der Waals surface area contributed by atoms with Crippen LogP contribution in [0.3, 0.4) is 0 Å². The van der Waals surface area contributed by atoms with Crippen LogP contribution >= 0.6 is 11.8 Å². The van der Waals surface area contributed by atoms with Crippen LogP contribution in [0.5, 0.6) is 0 Å². The maximum atomic E-state index is 12.6. The zero-order valence-corrected chi connectivity index (χ0v) is 13.3. The van der Waals surface area contributed by atoms with Crippen LogP contribution < -0.4 is 0 Å². The summed E-state index contributed by atoms with van der Waals surface area (Å²) in [4.78, 5) is 40.6. The van der Waals surface area contributed by atoms with Crippen LogP contribution in [0.4, 0.5) is 0 Å². The lowest BCUT2D eigenvalue weighted by atomic mass is 9.85. The molecule has 0 N–H and O–H groups in total. The number of amides is 3. The Balaban J connectivity index is 1.46. The number of imide groups is 1. The summed E-state index contributed by atoms with van der Waals surface area (Å²) in [6.07, 6.45) is 6.07. The quantitative estimate of drug-likeness (QED) is 0.557. The molecule has 0 unspecified atom stereocenters. The van der Waals surface area contributed by atoms with E-state index < -0.39 is 0 Å². The van der Waals surface area contributed by atoms with E-state index in [9.17, 15) is 14.4 Å². The van der Waals surface area contributed by atoms with Gasteiger partial charge in [0.2, 0.25) is 17.7 Å². The van der Waals surface area contributed by atoms with Gasteiger partial charge in [-0.05, 0) is 30.4 Å². The van der Waals surface area contributed by atoms with Crippen LogP contribution in [0, 0.1) is 23.7 Å². The molecular weight excluding hydrogens is 300 g/mol. The molecule has 118 valence electrons. The topological polar surface area (TPSA) is 57.7 Å². The van der Waals surface area contributed by atoms with Gasteiger partial charge in [-0.2, -0.15) is 11.8 Å². The Bertz CT molecular complexity index is 524. The molecule has 4 rings (SSSR count). The fourth-order valence-electron chi connectivity index (χ4n) is 4.35. The Morgan fingerprint density at radius 1 is 1.09 bits per heavy atom. The maximum Gasteiger partial charge on any atom is 0.242 e. The number of carbonyl (C=O) groups excluding carboxylic acids is 3. The molecule has 6 heteroatoms. The summed E-state index contributed by atoms with van der Waals surface area (Å²) >= 11 is 1.85. The Labute approximate surface area is 134 Å². The van der Waals surface area contributed by atoms with Gasteiger partial charge in [0.1, 0.15) is 6.54 Å². The van der Waals surface area contributed by atoms with Gasteiger partial charge in [0.05, 0.1) is 11.8 Å². The molecule has 2 aliphatic carbocycles. The molecule has 3 fully saturated rings. The van der Waals surface area contributed by atoms with E-state index in [1.807, 2.05) is 16.7 Å². The van der Waals surface area contributed by atoms with Crippen LogP contribution in [0.1, 0.15) is 12.8 Å². The highest BCUT2D eigenvalue weighted by molar-refractivity contribution is 7.99. The minimum Gasteiger partial charge on any atom is -0.340 e. The largest absolute Gasteiger partial charge is 0.340 e. The fourth-order valence-corrected chi connectivity index (χ4v) is 5.24. The Hall–Kier alpha value is -1.30. The van der Waals surface area contributed by atoms with Crippen molar-refractivity contribution in [1.82, 2.24) is 9.80 Å². The lowest BCUT2D eigenvalue weighted by Gasteiger charge is -2.23. The van der Waals surface area contributed by atoms with E-state index in [4.69, 9.17) is 0 Å². The number of fused-ring (bicyclic) bond motifs is 5. The summed E-state index contributed by atoms with van der Waals surface area (Å²) in [6, 6.07) is 0. The van der Waals surface area contributed by atoms with Gasteiger partial charge in [-0.3, -0.25) is 19.3 Å². The highest BCUT2D eigenvalue weighted by atomic mass is 32.2. The zero-order valence-electron chi connectivity index (χ0n) is 12.4. The number of carbonyl (C=O) groups is 3. The van der Waals surface area contributed by atoms with Gasteiger partial charge in [0.15, 0.2) is 0 Å². The van der Waals surface area contributed by atoms with Crippen molar-refractivity contribution < 1.29 is 14.4 Å². The van der Waals surface area contributed by atoms with Crippen LogP contribution in [0.15, 0.2) is 12.2 Å². The number of allylic oxidation sites excluding steroid dienone is 2. The van der Waals surface area contributed by atoms with E-state index in [-0.39, 0.29) is 47.9 Å². The molecule has 3 amide bonds. The molecule has 0 spiro atoms. The van der Waals surface area contributed by atoms with Crippen molar-refractivity contribution in [3.8, 4) is 0 Å². The van der Waals surface area contributed by atoms with E-state index in [0.717, 1.165) is 37.4 Å². The fraction of sp³-hybridized carbons (Fsp3) is 0.688. The molecule has 0 aromatic heterocycles. The molecule has 5 nitrogen and oxygen atoms in total. The molecule has 1 saturated carbocycles. The van der Waals surface area contributed by atoms with Crippen molar-refractivity contribution in [2.24, 2.45) is 23.7 Å². The second-order valence-corrected chi connectivity index (χ2v) is 7.83. The standard InChI is InChI=1S/C16H20N2O3S/c19-12(17-4-1-6-22-7-5-17)9-18-15(20)13-10-2-3-11(8-10)14(13)16(18)21/h2-3,10-11,13-14H,1,4-9H2/t10-,11-,13+,14+/m0/s1. The van der Waals surface area contributed by atoms with Gasteiger partial charge in [0, 0.05) is 18.8 Å². The molecule has 22 heavy (non-hydrogen) atoms. The van der Waals surface area contributed by atoms with Crippen molar-refractivity contribution in [3.05, 3.63) is 12.2 Å². The predicted molar refractivity (Wildman–Crippen MR) is 83.0 cm³/mol. The number of likely N-dealkylation sites (tertiary alicyclic amines) is 1. The van der Waals surface area contributed by atoms with Crippen molar-refractivity contribution in [2.45, 2.75) is 12.8 Å². The summed E-state index contributed by atoms with van der Waals surface area (Å²) in [7, 11) is 0. The van der Waals surface area contributed by atoms with Gasteiger partial charge < -0.3 is 4.90 Å². The highest BCUT2D eigenvalue weighted by Gasteiger charge is 2.59. The van der Waals surface area contributed by atoms with Crippen molar-refractivity contribution in [2.75, 3.05) is 31.1 Å². The second-order valence-electron chi connectivity index (χ2n) is 6.61. The van der Waals surface area contributed by atoms with E-state index in [1.54, 1.807) is 0 Å². The zero-order chi connectivity index (χ0) is 15.3. The van der Waals surface area contributed by atoms with Crippen LogP contribution in [-0.2, 0) is 14.4 Å². The van der Waals surface area contributed by atoms with Gasteiger partial charge in [-0.25, -0.2) is 0 Å². The molecule has 2 heterocycles. The lowest BCUT2D eigenvalue weighted by Crippen LogP contribution is -2.44. The van der Waals surface area contributed by atoms with Gasteiger partial charge in [-0.1, -0.05) is 12.2 Å². The van der Waals surface area contributed by atoms with E-state index in [1.165, 1.54) is 4.90 Å². The number of thioether (sulfide) groups is 1. The predicted octanol–water partition coefficient (Wildman–Crippen LogP) is 0.759. The first-order chi connectivity index (χ1) is 10.7. The summed E-state index contributed by atoms with van der Waals surface area (Å²) < 4.78 is 0. The summed E-state index contributed by atoms with van der Waals surface area (Å²) in [6.45, 7) is 1.40. The van der Waals surface area contributed by atoms with Gasteiger partial charge >= 0.3 is 0 Å². The van der Waals surface area contributed by atoms with Crippen molar-refractivity contribution >= 4 is 29.5 Å². The Kier molecular flexibility index (Phi) is 3.51. The molecule has 0 aromatic carbocycles. The first-order valence-corrected chi connectivity index (χ1v) is 9.21. The third-order valence-corrected chi connectivity index (χ3v) is 6.48. The van der Waals surface area contributed by atoms with E-state index in [0.29, 0.717) is 0 Å². The van der Waals surface area contributed by atoms with E-state index in [2.05, 4.69) is 12.2 Å². The molecule has 4 atom stereocenters. The number of rotatable bonds is 2. The molecule has 2 aliphatic heterocycles. The minimum absolute atomic E-state index is 0.0607. The smallest absolute Gasteiger partial charge is 0.242 e. The SMILES string of the molecule is O=C(CN1C(=O)[C@H]2[C@H](C1=O)[C@H]1C=C[C@H]2C1)N1CCCSCC1. The number of hydrogen-bond donors (Lipinski definition) is 0. The van der Waals surface area contributed by atoms with Crippen LogP contribution in [0.25, 0.3) is 0 Å². The first-order valence-electron chi connectivity index (χ1n) is 8.06. The molecular formula is C16H20N2O3S. The average Bonchev–Trinajstić information content (AvgIpc) is 3.09. The van der Waals surface area contributed by atoms with E-state index >= 15 is 0 Å². The molecule has 0 radical (unpaired) electrons. The van der Waals surface area contributed by atoms with Crippen molar-refractivity contribution in [1.29, 1.82) is 0 Å². The Morgan fingerprint density at radius 2 is 1.77 bits per heavy atom. The third kappa shape index (κ3) is 2.11. The maximum absolute atomic E-state index is 12.6. The monoisotopic (exact) mass is 320 g/mol. The normalized spacial score (nSPS) is 36.9. The first kappa shape index (κ1) is 14.3. The second kappa shape index (κ2) is 5.41.